The number of carbonyl (C=O) groups excluding carboxylic acids is 2. The van der Waals surface area contributed by atoms with Crippen molar-refractivity contribution in [1.29, 1.82) is 0 Å². The third-order valence-corrected chi connectivity index (χ3v) is 6.11. The summed E-state index contributed by atoms with van der Waals surface area (Å²) in [7, 11) is 0. The molecule has 0 aliphatic carbocycles. The Morgan fingerprint density at radius 3 is 2.31 bits per heavy atom. The molecule has 0 saturated carbocycles. The quantitative estimate of drug-likeness (QED) is 0.528. The third kappa shape index (κ3) is 7.86. The van der Waals surface area contributed by atoms with Crippen molar-refractivity contribution in [2.24, 2.45) is 0 Å². The van der Waals surface area contributed by atoms with E-state index in [1.807, 2.05) is 62.4 Å². The lowest BCUT2D eigenvalue weighted by Gasteiger charge is -2.28. The maximum atomic E-state index is 13.0. The molecule has 0 fully saturated rings. The maximum absolute atomic E-state index is 13.0. The topological polar surface area (TPSA) is 49.4 Å². The molecule has 0 saturated heterocycles. The smallest absolute Gasteiger partial charge is 0.242 e. The van der Waals surface area contributed by atoms with Crippen molar-refractivity contribution in [1.82, 2.24) is 10.2 Å². The highest BCUT2D eigenvalue weighted by Crippen LogP contribution is 2.18. The summed E-state index contributed by atoms with van der Waals surface area (Å²) in [6.45, 7) is 6.90. The Kier molecular flexibility index (Phi) is 9.74. The zero-order valence-electron chi connectivity index (χ0n) is 17.3. The fourth-order valence-corrected chi connectivity index (χ4v) is 3.92. The minimum atomic E-state index is -0.511. The Hall–Kier alpha value is -1.79. The summed E-state index contributed by atoms with van der Waals surface area (Å²) in [5.41, 5.74) is 3.37. The van der Waals surface area contributed by atoms with Gasteiger partial charge >= 0.3 is 0 Å². The van der Waals surface area contributed by atoms with Gasteiger partial charge in [-0.3, -0.25) is 9.59 Å². The molecule has 156 valence electrons. The standard InChI is InChI=1S/C23H29BrN2O2S/c1-4-13-25-23(28)18(3)26(14-19-7-5-17(2)6-8-19)22(27)16-29-15-20-9-11-21(24)12-10-20/h5-12,18H,4,13-16H2,1-3H3,(H,25,28)/t18-/m0/s1. The van der Waals surface area contributed by atoms with Crippen LogP contribution in [0.2, 0.25) is 0 Å². The summed E-state index contributed by atoms with van der Waals surface area (Å²) in [6.07, 6.45) is 0.868. The van der Waals surface area contributed by atoms with Gasteiger partial charge in [0, 0.05) is 23.3 Å². The second-order valence-electron chi connectivity index (χ2n) is 7.09. The fourth-order valence-electron chi connectivity index (χ4n) is 2.79. The average Bonchev–Trinajstić information content (AvgIpc) is 2.72. The first kappa shape index (κ1) is 23.5. The SMILES string of the molecule is CCCNC(=O)[C@H](C)N(Cc1ccc(C)cc1)C(=O)CSCc1ccc(Br)cc1. The van der Waals surface area contributed by atoms with Gasteiger partial charge in [-0.05, 0) is 43.5 Å². The van der Waals surface area contributed by atoms with Crippen molar-refractivity contribution in [3.8, 4) is 0 Å². The molecule has 1 atom stereocenters. The predicted molar refractivity (Wildman–Crippen MR) is 125 cm³/mol. The lowest BCUT2D eigenvalue weighted by Crippen LogP contribution is -2.48. The number of aryl methyl sites for hydroxylation is 1. The molecule has 0 aromatic heterocycles. The van der Waals surface area contributed by atoms with Gasteiger partial charge in [-0.15, -0.1) is 11.8 Å². The van der Waals surface area contributed by atoms with E-state index < -0.39 is 6.04 Å². The number of nitrogens with one attached hydrogen (secondary N) is 1. The van der Waals surface area contributed by atoms with E-state index in [0.717, 1.165) is 22.2 Å². The minimum Gasteiger partial charge on any atom is -0.354 e. The largest absolute Gasteiger partial charge is 0.354 e. The third-order valence-electron chi connectivity index (χ3n) is 4.60. The number of nitrogens with zero attached hydrogens (tertiary/aromatic N) is 1. The van der Waals surface area contributed by atoms with Gasteiger partial charge in [-0.25, -0.2) is 0 Å². The van der Waals surface area contributed by atoms with Crippen LogP contribution in [-0.4, -0.2) is 35.1 Å². The number of thioether (sulfide) groups is 1. The van der Waals surface area contributed by atoms with Crippen LogP contribution in [0.5, 0.6) is 0 Å². The molecular formula is C23H29BrN2O2S. The lowest BCUT2D eigenvalue weighted by atomic mass is 10.1. The monoisotopic (exact) mass is 476 g/mol. The molecule has 6 heteroatoms. The van der Waals surface area contributed by atoms with Crippen LogP contribution in [0.25, 0.3) is 0 Å². The number of halogens is 1. The van der Waals surface area contributed by atoms with Gasteiger partial charge in [-0.2, -0.15) is 0 Å². The normalized spacial score (nSPS) is 11.7. The summed E-state index contributed by atoms with van der Waals surface area (Å²) in [4.78, 5) is 27.2. The minimum absolute atomic E-state index is 0.0214. The molecule has 2 amide bonds. The summed E-state index contributed by atoms with van der Waals surface area (Å²) < 4.78 is 1.04. The lowest BCUT2D eigenvalue weighted by molar-refractivity contribution is -0.138. The zero-order chi connectivity index (χ0) is 21.2. The maximum Gasteiger partial charge on any atom is 0.242 e. The number of rotatable bonds is 10. The molecule has 0 aliphatic rings. The molecule has 0 heterocycles. The Labute approximate surface area is 186 Å². The molecule has 0 bridgehead atoms. The molecular weight excluding hydrogens is 448 g/mol. The van der Waals surface area contributed by atoms with Gasteiger partial charge < -0.3 is 10.2 Å². The summed E-state index contributed by atoms with van der Waals surface area (Å²) in [5, 5.41) is 2.91. The highest BCUT2D eigenvalue weighted by molar-refractivity contribution is 9.10. The second-order valence-corrected chi connectivity index (χ2v) is 8.99. The molecule has 0 aliphatic heterocycles. The number of hydrogen-bond donors (Lipinski definition) is 1. The first-order chi connectivity index (χ1) is 13.9. The van der Waals surface area contributed by atoms with Crippen LogP contribution in [0.15, 0.2) is 53.0 Å². The van der Waals surface area contributed by atoms with Gasteiger partial charge in [0.15, 0.2) is 0 Å². The average molecular weight is 477 g/mol. The Bertz CT molecular complexity index is 794. The van der Waals surface area contributed by atoms with E-state index in [2.05, 4.69) is 21.2 Å². The summed E-state index contributed by atoms with van der Waals surface area (Å²) in [5.74, 6) is 0.971. The van der Waals surface area contributed by atoms with Crippen LogP contribution >= 0.6 is 27.7 Å². The van der Waals surface area contributed by atoms with Gasteiger partial charge in [0.25, 0.3) is 0 Å². The van der Waals surface area contributed by atoms with E-state index >= 15 is 0 Å². The van der Waals surface area contributed by atoms with E-state index in [9.17, 15) is 9.59 Å². The molecule has 0 radical (unpaired) electrons. The number of amides is 2. The van der Waals surface area contributed by atoms with Crippen molar-refractivity contribution in [3.05, 3.63) is 69.7 Å². The van der Waals surface area contributed by atoms with Crippen LogP contribution < -0.4 is 5.32 Å². The molecule has 1 N–H and O–H groups in total. The van der Waals surface area contributed by atoms with Crippen molar-refractivity contribution in [2.45, 2.75) is 45.5 Å². The fraction of sp³-hybridized carbons (Fsp3) is 0.391. The van der Waals surface area contributed by atoms with Crippen LogP contribution in [0, 0.1) is 6.92 Å². The number of benzene rings is 2. The zero-order valence-corrected chi connectivity index (χ0v) is 19.7. The van der Waals surface area contributed by atoms with E-state index in [4.69, 9.17) is 0 Å². The molecule has 2 rings (SSSR count). The Morgan fingerprint density at radius 1 is 1.07 bits per heavy atom. The number of carbonyl (C=O) groups is 2. The van der Waals surface area contributed by atoms with Gasteiger partial charge in [0.05, 0.1) is 5.75 Å². The van der Waals surface area contributed by atoms with Crippen molar-refractivity contribution >= 4 is 39.5 Å². The van der Waals surface area contributed by atoms with Crippen molar-refractivity contribution < 1.29 is 9.59 Å². The molecule has 0 unspecified atom stereocenters. The Morgan fingerprint density at radius 2 is 1.69 bits per heavy atom. The van der Waals surface area contributed by atoms with E-state index in [-0.39, 0.29) is 11.8 Å². The predicted octanol–water partition coefficient (Wildman–Crippen LogP) is 4.93. The van der Waals surface area contributed by atoms with Crippen molar-refractivity contribution in [2.75, 3.05) is 12.3 Å². The Balaban J connectivity index is 2.03. The molecule has 4 nitrogen and oxygen atoms in total. The van der Waals surface area contributed by atoms with Gasteiger partial charge in [-0.1, -0.05) is 64.8 Å². The first-order valence-electron chi connectivity index (χ1n) is 9.85. The molecule has 2 aromatic rings. The van der Waals surface area contributed by atoms with Crippen LogP contribution in [0.3, 0.4) is 0 Å². The highest BCUT2D eigenvalue weighted by Gasteiger charge is 2.25. The van der Waals surface area contributed by atoms with E-state index in [1.165, 1.54) is 11.1 Å². The molecule has 29 heavy (non-hydrogen) atoms. The first-order valence-corrected chi connectivity index (χ1v) is 11.8. The number of hydrogen-bond acceptors (Lipinski definition) is 3. The summed E-state index contributed by atoms with van der Waals surface area (Å²) in [6, 6.07) is 15.7. The van der Waals surface area contributed by atoms with Crippen molar-refractivity contribution in [3.63, 3.8) is 0 Å². The van der Waals surface area contributed by atoms with Gasteiger partial charge in [0.1, 0.15) is 6.04 Å². The van der Waals surface area contributed by atoms with Crippen LogP contribution in [0.1, 0.15) is 37.0 Å². The highest BCUT2D eigenvalue weighted by atomic mass is 79.9. The van der Waals surface area contributed by atoms with Crippen LogP contribution in [-0.2, 0) is 21.9 Å². The van der Waals surface area contributed by atoms with Crippen LogP contribution in [0.4, 0.5) is 0 Å². The molecule has 0 spiro atoms. The van der Waals surface area contributed by atoms with Gasteiger partial charge in [0.2, 0.25) is 11.8 Å². The second kappa shape index (κ2) is 12.0. The summed E-state index contributed by atoms with van der Waals surface area (Å²) >= 11 is 5.00. The molecule has 2 aromatic carbocycles. The van der Waals surface area contributed by atoms with E-state index in [1.54, 1.807) is 23.6 Å². The van der Waals surface area contributed by atoms with E-state index in [0.29, 0.717) is 18.8 Å².